The van der Waals surface area contributed by atoms with Crippen LogP contribution in [0.2, 0.25) is 0 Å². The molecule has 0 saturated carbocycles. The molecule has 5 rings (SSSR count). The molecule has 3 aromatic rings. The number of fused-ring (bicyclic) bond motifs is 3. The van der Waals surface area contributed by atoms with Crippen molar-refractivity contribution < 1.29 is 13.9 Å². The number of hydrogen-bond acceptors (Lipinski definition) is 5. The van der Waals surface area contributed by atoms with E-state index in [0.717, 1.165) is 35.8 Å². The summed E-state index contributed by atoms with van der Waals surface area (Å²) in [5.41, 5.74) is 0.120. The van der Waals surface area contributed by atoms with Crippen molar-refractivity contribution in [3.63, 3.8) is 0 Å². The summed E-state index contributed by atoms with van der Waals surface area (Å²) in [4.78, 5) is 11.1. The first-order valence-electron chi connectivity index (χ1n) is 9.51. The number of aromatic nitrogens is 4. The fourth-order valence-corrected chi connectivity index (χ4v) is 4.99. The van der Waals surface area contributed by atoms with Gasteiger partial charge in [-0.1, -0.05) is 6.07 Å². The predicted molar refractivity (Wildman–Crippen MR) is 99.8 cm³/mol. The van der Waals surface area contributed by atoms with Crippen LogP contribution in [0.4, 0.5) is 14.6 Å². The molecule has 2 aliphatic rings. The first-order chi connectivity index (χ1) is 13.4. The van der Waals surface area contributed by atoms with Crippen LogP contribution in [0.5, 0.6) is 0 Å². The molecule has 0 radical (unpaired) electrons. The van der Waals surface area contributed by atoms with E-state index in [4.69, 9.17) is 0 Å². The number of piperidine rings is 1. The van der Waals surface area contributed by atoms with Crippen LogP contribution in [0.3, 0.4) is 0 Å². The van der Waals surface area contributed by atoms with Gasteiger partial charge in [-0.25, -0.2) is 18.7 Å². The number of hydrogen-bond donors (Lipinski definition) is 1. The summed E-state index contributed by atoms with van der Waals surface area (Å²) in [6, 6.07) is 3.78. The molecule has 0 spiro atoms. The van der Waals surface area contributed by atoms with Gasteiger partial charge in [0.15, 0.2) is 5.65 Å². The Morgan fingerprint density at radius 3 is 2.64 bits per heavy atom. The van der Waals surface area contributed by atoms with E-state index in [-0.39, 0.29) is 18.5 Å². The average molecular weight is 385 g/mol. The van der Waals surface area contributed by atoms with E-state index in [1.54, 1.807) is 17.2 Å². The molecule has 2 unspecified atom stereocenters. The van der Waals surface area contributed by atoms with Crippen molar-refractivity contribution in [2.24, 2.45) is 7.05 Å². The summed E-state index contributed by atoms with van der Waals surface area (Å²) >= 11 is 0. The normalized spacial score (nSPS) is 26.9. The molecule has 4 heterocycles. The Hall–Kier alpha value is -2.61. The van der Waals surface area contributed by atoms with Crippen LogP contribution in [0.15, 0.2) is 30.7 Å². The Morgan fingerprint density at radius 2 is 1.93 bits per heavy atom. The zero-order valence-electron chi connectivity index (χ0n) is 15.5. The lowest BCUT2D eigenvalue weighted by Crippen LogP contribution is -2.52. The Morgan fingerprint density at radius 1 is 1.18 bits per heavy atom. The van der Waals surface area contributed by atoms with Crippen molar-refractivity contribution in [3.8, 4) is 0 Å². The fraction of sp³-hybridized carbons (Fsp3) is 0.450. The molecule has 8 heteroatoms. The van der Waals surface area contributed by atoms with Gasteiger partial charge in [0.05, 0.1) is 17.2 Å². The molecule has 146 valence electrons. The quantitative estimate of drug-likeness (QED) is 0.751. The van der Waals surface area contributed by atoms with E-state index in [1.165, 1.54) is 12.1 Å². The zero-order chi connectivity index (χ0) is 19.5. The van der Waals surface area contributed by atoms with Crippen LogP contribution in [-0.2, 0) is 13.5 Å². The van der Waals surface area contributed by atoms with Gasteiger partial charge in [-0.2, -0.15) is 5.10 Å². The first kappa shape index (κ1) is 17.5. The van der Waals surface area contributed by atoms with Gasteiger partial charge in [-0.3, -0.25) is 4.68 Å². The van der Waals surface area contributed by atoms with Crippen LogP contribution in [0.25, 0.3) is 11.0 Å². The molecule has 28 heavy (non-hydrogen) atoms. The van der Waals surface area contributed by atoms with Crippen molar-refractivity contribution in [1.82, 2.24) is 19.7 Å². The number of anilines is 1. The molecule has 0 amide bonds. The Bertz CT molecular complexity index is 1040. The molecule has 2 saturated heterocycles. The van der Waals surface area contributed by atoms with Gasteiger partial charge >= 0.3 is 0 Å². The molecule has 1 N–H and O–H groups in total. The van der Waals surface area contributed by atoms with Crippen molar-refractivity contribution in [1.29, 1.82) is 0 Å². The highest BCUT2D eigenvalue weighted by atomic mass is 19.1. The van der Waals surface area contributed by atoms with Crippen molar-refractivity contribution >= 4 is 16.9 Å². The number of aliphatic hydroxyl groups is 1. The van der Waals surface area contributed by atoms with E-state index in [9.17, 15) is 13.9 Å². The van der Waals surface area contributed by atoms with Crippen LogP contribution >= 0.6 is 0 Å². The van der Waals surface area contributed by atoms with Crippen LogP contribution in [0.1, 0.15) is 31.2 Å². The molecule has 1 aromatic carbocycles. The highest BCUT2D eigenvalue weighted by molar-refractivity contribution is 5.87. The molecular formula is C20H21F2N5O. The second-order valence-corrected chi connectivity index (χ2v) is 8.04. The molecular weight excluding hydrogens is 364 g/mol. The van der Waals surface area contributed by atoms with E-state index >= 15 is 0 Å². The summed E-state index contributed by atoms with van der Waals surface area (Å²) in [6.07, 6.45) is 6.45. The van der Waals surface area contributed by atoms with Gasteiger partial charge in [0.25, 0.3) is 0 Å². The molecule has 2 fully saturated rings. The minimum absolute atomic E-state index is 0.116. The number of rotatable bonds is 3. The SMILES string of the molecule is Cn1ncc2c(N3C4CCC3CC(O)(Cc3ccc(F)cc3F)C4)ncnc21. The van der Waals surface area contributed by atoms with Gasteiger partial charge in [-0.05, 0) is 37.3 Å². The maximum Gasteiger partial charge on any atom is 0.163 e. The van der Waals surface area contributed by atoms with E-state index in [1.807, 2.05) is 7.05 Å². The van der Waals surface area contributed by atoms with Crippen molar-refractivity contribution in [2.75, 3.05) is 4.90 Å². The Balaban J connectivity index is 1.44. The lowest BCUT2D eigenvalue weighted by molar-refractivity contribution is 0.00133. The maximum absolute atomic E-state index is 14.1. The highest BCUT2D eigenvalue weighted by Crippen LogP contribution is 2.45. The molecule has 6 nitrogen and oxygen atoms in total. The predicted octanol–water partition coefficient (Wildman–Crippen LogP) is 2.75. The molecule has 0 aliphatic carbocycles. The fourth-order valence-electron chi connectivity index (χ4n) is 4.99. The third-order valence-electron chi connectivity index (χ3n) is 6.14. The van der Waals surface area contributed by atoms with Crippen LogP contribution in [0, 0.1) is 11.6 Å². The monoisotopic (exact) mass is 385 g/mol. The average Bonchev–Trinajstić information content (AvgIpc) is 3.16. The van der Waals surface area contributed by atoms with Gasteiger partial charge in [0.1, 0.15) is 23.8 Å². The molecule has 2 bridgehead atoms. The Kier molecular flexibility index (Phi) is 3.87. The largest absolute Gasteiger partial charge is 0.389 e. The van der Waals surface area contributed by atoms with Crippen molar-refractivity contribution in [2.45, 2.75) is 49.8 Å². The van der Waals surface area contributed by atoms with Gasteiger partial charge in [0.2, 0.25) is 0 Å². The minimum atomic E-state index is -1.01. The number of halogens is 2. The third-order valence-corrected chi connectivity index (χ3v) is 6.14. The summed E-state index contributed by atoms with van der Waals surface area (Å²) < 4.78 is 29.0. The van der Waals surface area contributed by atoms with Gasteiger partial charge < -0.3 is 10.0 Å². The number of nitrogens with zero attached hydrogens (tertiary/aromatic N) is 5. The first-order valence-corrected chi connectivity index (χ1v) is 9.51. The van der Waals surface area contributed by atoms with Gasteiger partial charge in [0, 0.05) is 31.6 Å². The summed E-state index contributed by atoms with van der Waals surface area (Å²) in [6.45, 7) is 0. The topological polar surface area (TPSA) is 67.1 Å². The van der Waals surface area contributed by atoms with Gasteiger partial charge in [-0.15, -0.1) is 0 Å². The highest BCUT2D eigenvalue weighted by Gasteiger charge is 2.48. The summed E-state index contributed by atoms with van der Waals surface area (Å²) in [7, 11) is 1.85. The third kappa shape index (κ3) is 2.74. The van der Waals surface area contributed by atoms with Crippen LogP contribution in [-0.4, -0.2) is 42.5 Å². The smallest absolute Gasteiger partial charge is 0.163 e. The molecule has 2 aromatic heterocycles. The minimum Gasteiger partial charge on any atom is -0.389 e. The van der Waals surface area contributed by atoms with E-state index in [0.29, 0.717) is 18.4 Å². The maximum atomic E-state index is 14.1. The second-order valence-electron chi connectivity index (χ2n) is 8.04. The summed E-state index contributed by atoms with van der Waals surface area (Å²) in [5.74, 6) is -0.357. The van der Waals surface area contributed by atoms with E-state index < -0.39 is 17.2 Å². The second kappa shape index (κ2) is 6.20. The van der Waals surface area contributed by atoms with Crippen LogP contribution < -0.4 is 4.90 Å². The number of aryl methyl sites for hydroxylation is 1. The molecule has 2 atom stereocenters. The summed E-state index contributed by atoms with van der Waals surface area (Å²) in [5, 5.41) is 16.4. The standard InChI is InChI=1S/C20H21F2N5O/c1-26-18-16(10-25-26)19(24-11-23-18)27-14-4-5-15(27)9-20(28,8-14)7-12-2-3-13(21)6-17(12)22/h2-3,6,10-11,14-15,28H,4-5,7-9H2,1H3. The molecule has 2 aliphatic heterocycles. The van der Waals surface area contributed by atoms with E-state index in [2.05, 4.69) is 20.0 Å². The number of benzene rings is 1. The lowest BCUT2D eigenvalue weighted by Gasteiger charge is -2.44. The Labute approximate surface area is 160 Å². The zero-order valence-corrected chi connectivity index (χ0v) is 15.5. The van der Waals surface area contributed by atoms with Crippen molar-refractivity contribution in [3.05, 3.63) is 47.9 Å². The lowest BCUT2D eigenvalue weighted by atomic mass is 9.81.